The molecule has 2 aromatic rings. The second kappa shape index (κ2) is 6.24. The number of hydrogen-bond acceptors (Lipinski definition) is 7. The van der Waals surface area contributed by atoms with Crippen molar-refractivity contribution >= 4 is 5.97 Å². The summed E-state index contributed by atoms with van der Waals surface area (Å²) in [5, 5.41) is 11.8. The lowest BCUT2D eigenvalue weighted by molar-refractivity contribution is 0.0380. The summed E-state index contributed by atoms with van der Waals surface area (Å²) in [4.78, 5) is 15.9. The van der Waals surface area contributed by atoms with E-state index in [2.05, 4.69) is 20.4 Å². The van der Waals surface area contributed by atoms with Gasteiger partial charge in [-0.25, -0.2) is 14.5 Å². The molecule has 108 valence electrons. The number of nitrogens with zero attached hydrogens (tertiary/aromatic N) is 6. The van der Waals surface area contributed by atoms with Crippen molar-refractivity contribution < 1.29 is 14.3 Å². The van der Waals surface area contributed by atoms with Crippen molar-refractivity contribution in [3.05, 3.63) is 23.5 Å². The summed E-state index contributed by atoms with van der Waals surface area (Å²) in [5.41, 5.74) is 0.818. The van der Waals surface area contributed by atoms with E-state index in [1.165, 1.54) is 13.4 Å². The molecule has 2 rings (SSSR count). The third-order valence-electron chi connectivity index (χ3n) is 2.79. The first-order valence-electron chi connectivity index (χ1n) is 6.02. The molecule has 0 fully saturated rings. The maximum absolute atomic E-state index is 11.8. The highest BCUT2D eigenvalue weighted by atomic mass is 16.6. The zero-order valence-electron chi connectivity index (χ0n) is 11.6. The molecule has 9 heteroatoms. The topological polar surface area (TPSA) is 97.0 Å². The minimum atomic E-state index is -0.510. The maximum Gasteiger partial charge on any atom is 0.360 e. The van der Waals surface area contributed by atoms with Crippen LogP contribution in [0.1, 0.15) is 22.0 Å². The van der Waals surface area contributed by atoms with Crippen molar-refractivity contribution in [1.82, 2.24) is 29.8 Å². The van der Waals surface area contributed by atoms with E-state index in [0.717, 1.165) is 5.82 Å². The van der Waals surface area contributed by atoms with Crippen LogP contribution >= 0.6 is 0 Å². The highest BCUT2D eigenvalue weighted by Gasteiger charge is 2.18. The van der Waals surface area contributed by atoms with Crippen LogP contribution in [0.5, 0.6) is 0 Å². The lowest BCUT2D eigenvalue weighted by Gasteiger charge is -2.04. The molecule has 0 N–H and O–H groups in total. The van der Waals surface area contributed by atoms with Crippen molar-refractivity contribution in [2.75, 3.05) is 20.3 Å². The molecule has 0 radical (unpaired) electrons. The van der Waals surface area contributed by atoms with Gasteiger partial charge in [-0.05, 0) is 6.92 Å². The molecule has 0 aliphatic rings. The SMILES string of the molecule is COCCOC(=O)c1nnn(Cc2ncnn2C)c1C. The van der Waals surface area contributed by atoms with Crippen LogP contribution in [0.2, 0.25) is 0 Å². The van der Waals surface area contributed by atoms with Crippen molar-refractivity contribution in [1.29, 1.82) is 0 Å². The molecule has 0 saturated carbocycles. The Balaban J connectivity index is 2.07. The summed E-state index contributed by atoms with van der Waals surface area (Å²) in [6.45, 7) is 2.67. The van der Waals surface area contributed by atoms with Crippen molar-refractivity contribution in [3.8, 4) is 0 Å². The van der Waals surface area contributed by atoms with Gasteiger partial charge in [0.2, 0.25) is 0 Å². The van der Waals surface area contributed by atoms with Crippen LogP contribution in [0.25, 0.3) is 0 Å². The average Bonchev–Trinajstić information content (AvgIpc) is 2.98. The molecule has 0 bridgehead atoms. The predicted octanol–water partition coefficient (Wildman–Crippen LogP) is -0.433. The molecule has 2 heterocycles. The molecule has 20 heavy (non-hydrogen) atoms. The minimum absolute atomic E-state index is 0.185. The number of carbonyl (C=O) groups is 1. The highest BCUT2D eigenvalue weighted by molar-refractivity contribution is 5.88. The second-order valence-corrected chi connectivity index (χ2v) is 4.11. The van der Waals surface area contributed by atoms with E-state index in [1.54, 1.807) is 23.3 Å². The van der Waals surface area contributed by atoms with Gasteiger partial charge in [-0.2, -0.15) is 5.10 Å². The summed E-state index contributed by atoms with van der Waals surface area (Å²) in [6.07, 6.45) is 1.46. The Labute approximate surface area is 115 Å². The quantitative estimate of drug-likeness (QED) is 0.523. The predicted molar refractivity (Wildman–Crippen MR) is 67.0 cm³/mol. The molecule has 9 nitrogen and oxygen atoms in total. The average molecular weight is 280 g/mol. The van der Waals surface area contributed by atoms with E-state index in [0.29, 0.717) is 18.8 Å². The summed E-state index contributed by atoms with van der Waals surface area (Å²) in [7, 11) is 3.32. The van der Waals surface area contributed by atoms with Gasteiger partial charge in [0.05, 0.1) is 12.3 Å². The molecular weight excluding hydrogens is 264 g/mol. The summed E-state index contributed by atoms with van der Waals surface area (Å²) in [6, 6.07) is 0. The van der Waals surface area contributed by atoms with E-state index >= 15 is 0 Å². The lowest BCUT2D eigenvalue weighted by Crippen LogP contribution is -2.13. The first-order chi connectivity index (χ1) is 9.63. The molecule has 0 amide bonds. The summed E-state index contributed by atoms with van der Waals surface area (Å²) in [5.74, 6) is 0.209. The van der Waals surface area contributed by atoms with Crippen LogP contribution < -0.4 is 0 Å². The molecule has 0 aliphatic carbocycles. The van der Waals surface area contributed by atoms with Gasteiger partial charge in [0.25, 0.3) is 0 Å². The van der Waals surface area contributed by atoms with Crippen molar-refractivity contribution in [2.45, 2.75) is 13.5 Å². The maximum atomic E-state index is 11.8. The molecule has 0 aromatic carbocycles. The molecule has 0 spiro atoms. The number of ether oxygens (including phenoxy) is 2. The zero-order chi connectivity index (χ0) is 14.5. The van der Waals surface area contributed by atoms with Gasteiger partial charge < -0.3 is 9.47 Å². The van der Waals surface area contributed by atoms with Crippen LogP contribution in [0.4, 0.5) is 0 Å². The number of hydrogen-bond donors (Lipinski definition) is 0. The van der Waals surface area contributed by atoms with Gasteiger partial charge in [-0.1, -0.05) is 5.21 Å². The molecule has 0 saturated heterocycles. The van der Waals surface area contributed by atoms with E-state index in [4.69, 9.17) is 9.47 Å². The Hall–Kier alpha value is -2.29. The zero-order valence-corrected chi connectivity index (χ0v) is 11.6. The number of esters is 1. The van der Waals surface area contributed by atoms with Gasteiger partial charge in [-0.3, -0.25) is 4.68 Å². The van der Waals surface area contributed by atoms with Crippen LogP contribution in [0.3, 0.4) is 0 Å². The minimum Gasteiger partial charge on any atom is -0.458 e. The van der Waals surface area contributed by atoms with Gasteiger partial charge >= 0.3 is 5.97 Å². The first-order valence-corrected chi connectivity index (χ1v) is 6.02. The van der Waals surface area contributed by atoms with E-state index in [9.17, 15) is 4.79 Å². The van der Waals surface area contributed by atoms with Crippen molar-refractivity contribution in [2.24, 2.45) is 7.05 Å². The number of carbonyl (C=O) groups excluding carboxylic acids is 1. The third kappa shape index (κ3) is 2.99. The molecule has 0 aliphatic heterocycles. The van der Waals surface area contributed by atoms with Gasteiger partial charge in [-0.15, -0.1) is 5.10 Å². The monoisotopic (exact) mass is 280 g/mol. The Morgan fingerprint density at radius 3 is 2.85 bits per heavy atom. The molecule has 2 aromatic heterocycles. The molecule has 0 unspecified atom stereocenters. The third-order valence-corrected chi connectivity index (χ3v) is 2.79. The second-order valence-electron chi connectivity index (χ2n) is 4.11. The Bertz CT molecular complexity index is 591. The van der Waals surface area contributed by atoms with Gasteiger partial charge in [0, 0.05) is 14.2 Å². The van der Waals surface area contributed by atoms with Crippen LogP contribution in [0.15, 0.2) is 6.33 Å². The normalized spacial score (nSPS) is 10.8. The summed E-state index contributed by atoms with van der Waals surface area (Å²) < 4.78 is 13.0. The standard InChI is InChI=1S/C11H16N6O3/c1-8-10(11(18)20-5-4-19-3)14-15-17(8)6-9-12-7-13-16(9)2/h7H,4-6H2,1-3H3. The fourth-order valence-electron chi connectivity index (χ4n) is 1.58. The van der Waals surface area contributed by atoms with Gasteiger partial charge in [0.1, 0.15) is 25.3 Å². The lowest BCUT2D eigenvalue weighted by atomic mass is 10.3. The summed E-state index contributed by atoms with van der Waals surface area (Å²) >= 11 is 0. The fraction of sp³-hybridized carbons (Fsp3) is 0.545. The highest BCUT2D eigenvalue weighted by Crippen LogP contribution is 2.07. The Kier molecular flexibility index (Phi) is 4.41. The van der Waals surface area contributed by atoms with E-state index in [1.807, 2.05) is 0 Å². The number of aromatic nitrogens is 6. The van der Waals surface area contributed by atoms with Crippen LogP contribution in [-0.2, 0) is 23.1 Å². The van der Waals surface area contributed by atoms with Crippen molar-refractivity contribution in [3.63, 3.8) is 0 Å². The molecular formula is C11H16N6O3. The Morgan fingerprint density at radius 2 is 2.20 bits per heavy atom. The van der Waals surface area contributed by atoms with Gasteiger partial charge in [0.15, 0.2) is 5.69 Å². The number of rotatable bonds is 6. The Morgan fingerprint density at radius 1 is 1.40 bits per heavy atom. The number of methoxy groups -OCH3 is 1. The fourth-order valence-corrected chi connectivity index (χ4v) is 1.58. The largest absolute Gasteiger partial charge is 0.458 e. The molecule has 0 atom stereocenters. The first kappa shape index (κ1) is 14.1. The van der Waals surface area contributed by atoms with E-state index < -0.39 is 5.97 Å². The van der Waals surface area contributed by atoms with E-state index in [-0.39, 0.29) is 12.3 Å². The smallest absolute Gasteiger partial charge is 0.360 e. The van der Waals surface area contributed by atoms with Crippen LogP contribution in [0, 0.1) is 6.92 Å². The van der Waals surface area contributed by atoms with Crippen LogP contribution in [-0.4, -0.2) is 56.1 Å². The number of aryl methyl sites for hydroxylation is 1.